The molecule has 1 atom stereocenters. The van der Waals surface area contributed by atoms with E-state index in [0.717, 1.165) is 12.5 Å². The normalized spacial score (nSPS) is 13.5. The van der Waals surface area contributed by atoms with Gasteiger partial charge >= 0.3 is 0 Å². The fraction of sp³-hybridized carbons (Fsp3) is 0.650. The molecular formula is C20H36IN3O3S. The van der Waals surface area contributed by atoms with Crippen LogP contribution in [-0.4, -0.2) is 53.1 Å². The van der Waals surface area contributed by atoms with Crippen LogP contribution in [0.1, 0.15) is 32.8 Å². The van der Waals surface area contributed by atoms with E-state index in [2.05, 4.69) is 48.5 Å². The first-order valence-corrected chi connectivity index (χ1v) is 11.4. The summed E-state index contributed by atoms with van der Waals surface area (Å²) in [6.45, 7) is 8.92. The fourth-order valence-corrected chi connectivity index (χ4v) is 3.30. The first kappa shape index (κ1) is 27.1. The standard InChI is InChI=1S/C20H35N3O3S.HI/c1-17(14-26-15-18-9-7-6-8-10-18)13-22-19(21-4)23-16-20(2,3)11-12-27(5,24)25;/h6-10,17H,11-16H2,1-5H3,(H2,21,22,23);1H. The number of nitrogens with one attached hydrogen (secondary N) is 2. The van der Waals surface area contributed by atoms with Gasteiger partial charge in [0.2, 0.25) is 0 Å². The number of hydrogen-bond acceptors (Lipinski definition) is 4. The number of halogens is 1. The number of aliphatic imine (C=N–C) groups is 1. The molecule has 28 heavy (non-hydrogen) atoms. The van der Waals surface area contributed by atoms with Crippen LogP contribution in [0.2, 0.25) is 0 Å². The minimum atomic E-state index is -2.94. The van der Waals surface area contributed by atoms with Gasteiger partial charge < -0.3 is 15.4 Å². The van der Waals surface area contributed by atoms with E-state index in [-0.39, 0.29) is 35.1 Å². The lowest BCUT2D eigenvalue weighted by Gasteiger charge is -2.26. The fourth-order valence-electron chi connectivity index (χ4n) is 2.38. The Balaban J connectivity index is 0.00000729. The largest absolute Gasteiger partial charge is 0.376 e. The zero-order chi connectivity index (χ0) is 20.3. The van der Waals surface area contributed by atoms with E-state index < -0.39 is 9.84 Å². The average molecular weight is 525 g/mol. The minimum absolute atomic E-state index is 0. The van der Waals surface area contributed by atoms with Crippen LogP contribution in [0.3, 0.4) is 0 Å². The molecule has 0 aromatic heterocycles. The molecule has 0 aliphatic rings. The Hall–Kier alpha value is -0.870. The van der Waals surface area contributed by atoms with Crippen molar-refractivity contribution >= 4 is 39.8 Å². The Morgan fingerprint density at radius 2 is 1.86 bits per heavy atom. The van der Waals surface area contributed by atoms with Gasteiger partial charge in [-0.05, 0) is 23.3 Å². The number of benzene rings is 1. The molecule has 0 aliphatic heterocycles. The molecule has 0 radical (unpaired) electrons. The van der Waals surface area contributed by atoms with Gasteiger partial charge in [-0.15, -0.1) is 24.0 Å². The maximum absolute atomic E-state index is 11.4. The Morgan fingerprint density at radius 1 is 1.21 bits per heavy atom. The maximum atomic E-state index is 11.4. The van der Waals surface area contributed by atoms with Crippen molar-refractivity contribution < 1.29 is 13.2 Å². The van der Waals surface area contributed by atoms with Crippen LogP contribution in [-0.2, 0) is 21.2 Å². The minimum Gasteiger partial charge on any atom is -0.376 e. The number of guanidine groups is 1. The topological polar surface area (TPSA) is 79.8 Å². The van der Waals surface area contributed by atoms with Crippen molar-refractivity contribution in [3.8, 4) is 0 Å². The van der Waals surface area contributed by atoms with Crippen molar-refractivity contribution in [2.24, 2.45) is 16.3 Å². The molecule has 1 aromatic carbocycles. The van der Waals surface area contributed by atoms with Gasteiger partial charge in [-0.1, -0.05) is 51.1 Å². The molecule has 0 amide bonds. The SMILES string of the molecule is CN=C(NCC(C)COCc1ccccc1)NCC(C)(C)CCS(C)(=O)=O.I. The second-order valence-electron chi connectivity index (χ2n) is 7.96. The van der Waals surface area contributed by atoms with E-state index in [4.69, 9.17) is 4.74 Å². The lowest BCUT2D eigenvalue weighted by Crippen LogP contribution is -2.44. The Morgan fingerprint density at radius 3 is 2.43 bits per heavy atom. The Bertz CT molecular complexity index is 679. The zero-order valence-corrected chi connectivity index (χ0v) is 20.8. The van der Waals surface area contributed by atoms with E-state index in [9.17, 15) is 8.42 Å². The third-order valence-electron chi connectivity index (χ3n) is 4.24. The number of hydrogen-bond donors (Lipinski definition) is 2. The number of ether oxygens (including phenoxy) is 1. The molecule has 1 aromatic rings. The predicted octanol–water partition coefficient (Wildman–Crippen LogP) is 3.08. The van der Waals surface area contributed by atoms with E-state index in [1.54, 1.807) is 7.05 Å². The van der Waals surface area contributed by atoms with Gasteiger partial charge in [-0.3, -0.25) is 4.99 Å². The first-order chi connectivity index (χ1) is 12.6. The summed E-state index contributed by atoms with van der Waals surface area (Å²) in [4.78, 5) is 4.24. The lowest BCUT2D eigenvalue weighted by atomic mass is 9.90. The Labute approximate surface area is 187 Å². The van der Waals surface area contributed by atoms with Gasteiger partial charge in [-0.25, -0.2) is 8.42 Å². The summed E-state index contributed by atoms with van der Waals surface area (Å²) in [7, 11) is -1.21. The van der Waals surface area contributed by atoms with Crippen molar-refractivity contribution in [3.63, 3.8) is 0 Å². The van der Waals surface area contributed by atoms with E-state index in [1.807, 2.05) is 18.2 Å². The number of nitrogens with zero attached hydrogens (tertiary/aromatic N) is 1. The summed E-state index contributed by atoms with van der Waals surface area (Å²) >= 11 is 0. The third kappa shape index (κ3) is 13.3. The predicted molar refractivity (Wildman–Crippen MR) is 128 cm³/mol. The van der Waals surface area contributed by atoms with Crippen molar-refractivity contribution in [2.45, 2.75) is 33.8 Å². The quantitative estimate of drug-likeness (QED) is 0.264. The molecule has 0 saturated carbocycles. The molecule has 0 aliphatic carbocycles. The molecule has 1 unspecified atom stereocenters. The molecule has 0 heterocycles. The molecule has 0 spiro atoms. The zero-order valence-electron chi connectivity index (χ0n) is 17.7. The second-order valence-corrected chi connectivity index (χ2v) is 10.2. The number of rotatable bonds is 11. The molecule has 0 bridgehead atoms. The summed E-state index contributed by atoms with van der Waals surface area (Å²) in [6.07, 6.45) is 1.89. The highest BCUT2D eigenvalue weighted by atomic mass is 127. The molecule has 1 rings (SSSR count). The van der Waals surface area contributed by atoms with Gasteiger partial charge in [-0.2, -0.15) is 0 Å². The molecule has 0 fully saturated rings. The molecule has 6 nitrogen and oxygen atoms in total. The van der Waals surface area contributed by atoms with Crippen LogP contribution in [0.15, 0.2) is 35.3 Å². The molecule has 0 saturated heterocycles. The Kier molecular flexibility index (Phi) is 13.0. The number of sulfone groups is 1. The summed E-state index contributed by atoms with van der Waals surface area (Å²) in [5, 5.41) is 6.59. The van der Waals surface area contributed by atoms with Crippen LogP contribution < -0.4 is 10.6 Å². The summed E-state index contributed by atoms with van der Waals surface area (Å²) in [5.74, 6) is 1.26. The van der Waals surface area contributed by atoms with Crippen LogP contribution in [0.5, 0.6) is 0 Å². The highest BCUT2D eigenvalue weighted by molar-refractivity contribution is 14.0. The van der Waals surface area contributed by atoms with Crippen molar-refractivity contribution in [1.29, 1.82) is 0 Å². The summed E-state index contributed by atoms with van der Waals surface area (Å²) in [6, 6.07) is 10.1. The van der Waals surface area contributed by atoms with Crippen LogP contribution >= 0.6 is 24.0 Å². The first-order valence-electron chi connectivity index (χ1n) is 9.35. The second kappa shape index (κ2) is 13.4. The average Bonchev–Trinajstić information content (AvgIpc) is 2.61. The van der Waals surface area contributed by atoms with Crippen molar-refractivity contribution in [1.82, 2.24) is 10.6 Å². The molecule has 8 heteroatoms. The highest BCUT2D eigenvalue weighted by Gasteiger charge is 2.20. The van der Waals surface area contributed by atoms with Gasteiger partial charge in [0.05, 0.1) is 19.0 Å². The van der Waals surface area contributed by atoms with Crippen LogP contribution in [0, 0.1) is 11.3 Å². The van der Waals surface area contributed by atoms with E-state index in [1.165, 1.54) is 11.8 Å². The van der Waals surface area contributed by atoms with E-state index >= 15 is 0 Å². The van der Waals surface area contributed by atoms with E-state index in [0.29, 0.717) is 32.1 Å². The molecule has 162 valence electrons. The van der Waals surface area contributed by atoms with Gasteiger partial charge in [0.15, 0.2) is 5.96 Å². The summed E-state index contributed by atoms with van der Waals surface area (Å²) < 4.78 is 28.5. The third-order valence-corrected chi connectivity index (χ3v) is 5.19. The lowest BCUT2D eigenvalue weighted by molar-refractivity contribution is 0.0931. The van der Waals surface area contributed by atoms with Crippen molar-refractivity contribution in [3.05, 3.63) is 35.9 Å². The highest BCUT2D eigenvalue weighted by Crippen LogP contribution is 2.19. The maximum Gasteiger partial charge on any atom is 0.191 e. The monoisotopic (exact) mass is 525 g/mol. The van der Waals surface area contributed by atoms with Crippen LogP contribution in [0.25, 0.3) is 0 Å². The van der Waals surface area contributed by atoms with Gasteiger partial charge in [0.1, 0.15) is 9.84 Å². The van der Waals surface area contributed by atoms with Gasteiger partial charge in [0, 0.05) is 26.4 Å². The van der Waals surface area contributed by atoms with Crippen LogP contribution in [0.4, 0.5) is 0 Å². The molecular weight excluding hydrogens is 489 g/mol. The van der Waals surface area contributed by atoms with Crippen molar-refractivity contribution in [2.75, 3.05) is 38.8 Å². The van der Waals surface area contributed by atoms with Gasteiger partial charge in [0.25, 0.3) is 0 Å². The molecule has 2 N–H and O–H groups in total. The smallest absolute Gasteiger partial charge is 0.191 e. The summed E-state index contributed by atoms with van der Waals surface area (Å²) in [5.41, 5.74) is 1.04.